The summed E-state index contributed by atoms with van der Waals surface area (Å²) in [5.74, 6) is -0.132. The van der Waals surface area contributed by atoms with Crippen LogP contribution in [0.3, 0.4) is 0 Å². The molecule has 3 N–H and O–H groups in total. The van der Waals surface area contributed by atoms with Gasteiger partial charge in [-0.15, -0.1) is 0 Å². The maximum Gasteiger partial charge on any atom is 0.154 e. The van der Waals surface area contributed by atoms with E-state index >= 15 is 0 Å². The van der Waals surface area contributed by atoms with Crippen LogP contribution < -0.4 is 5.73 Å². The molecule has 0 bridgehead atoms. The minimum atomic E-state index is -3.22. The molecular formula is C13H18BrNO3S. The van der Waals surface area contributed by atoms with E-state index in [9.17, 15) is 13.5 Å². The highest BCUT2D eigenvalue weighted by Gasteiger charge is 2.69. The summed E-state index contributed by atoms with van der Waals surface area (Å²) >= 11 is 3.35. The molecule has 1 aromatic rings. The van der Waals surface area contributed by atoms with Crippen LogP contribution in [0.25, 0.3) is 0 Å². The van der Waals surface area contributed by atoms with Crippen molar-refractivity contribution >= 4 is 25.8 Å². The van der Waals surface area contributed by atoms with Crippen molar-refractivity contribution in [3.8, 4) is 0 Å². The average molecular weight is 348 g/mol. The highest BCUT2D eigenvalue weighted by molar-refractivity contribution is 9.10. The maximum atomic E-state index is 12.2. The molecule has 0 aliphatic heterocycles. The fourth-order valence-electron chi connectivity index (χ4n) is 2.87. The van der Waals surface area contributed by atoms with Crippen molar-refractivity contribution in [1.29, 1.82) is 0 Å². The lowest BCUT2D eigenvalue weighted by atomic mass is 10.0. The summed E-state index contributed by atoms with van der Waals surface area (Å²) in [6.45, 7) is 1.60. The fourth-order valence-corrected chi connectivity index (χ4v) is 5.29. The van der Waals surface area contributed by atoms with E-state index in [1.165, 1.54) is 0 Å². The van der Waals surface area contributed by atoms with Crippen molar-refractivity contribution in [3.63, 3.8) is 0 Å². The fraction of sp³-hybridized carbons (Fsp3) is 0.538. The highest BCUT2D eigenvalue weighted by Crippen LogP contribution is 2.62. The van der Waals surface area contributed by atoms with E-state index in [1.807, 2.05) is 24.3 Å². The van der Waals surface area contributed by atoms with E-state index in [0.717, 1.165) is 10.0 Å². The Morgan fingerprint density at radius 2 is 1.95 bits per heavy atom. The van der Waals surface area contributed by atoms with Crippen molar-refractivity contribution < 1.29 is 13.5 Å². The quantitative estimate of drug-likeness (QED) is 0.840. The maximum absolute atomic E-state index is 12.2. The summed E-state index contributed by atoms with van der Waals surface area (Å²) in [4.78, 5) is 0. The molecule has 0 amide bonds. The van der Waals surface area contributed by atoms with Crippen LogP contribution >= 0.6 is 15.9 Å². The molecule has 2 rings (SSSR count). The van der Waals surface area contributed by atoms with Gasteiger partial charge in [-0.3, -0.25) is 0 Å². The SMILES string of the molecule is CCS(=O)(=O)[C@@H]1[C@H](c2ccc(Br)cc2)[C@@]1(CN)CO. The average Bonchev–Trinajstić information content (AvgIpc) is 3.10. The van der Waals surface area contributed by atoms with Crippen LogP contribution in [-0.4, -0.2) is 37.7 Å². The van der Waals surface area contributed by atoms with Gasteiger partial charge in [0.15, 0.2) is 9.84 Å². The Morgan fingerprint density at radius 1 is 1.37 bits per heavy atom. The Hall–Kier alpha value is -0.430. The first-order valence-corrected chi connectivity index (χ1v) is 8.71. The molecule has 1 saturated carbocycles. The molecule has 3 atom stereocenters. The van der Waals surface area contributed by atoms with Crippen molar-refractivity contribution in [2.75, 3.05) is 18.9 Å². The van der Waals surface area contributed by atoms with Gasteiger partial charge in [-0.25, -0.2) is 8.42 Å². The third-order valence-corrected chi connectivity index (χ3v) is 6.92. The van der Waals surface area contributed by atoms with Crippen LogP contribution in [0.2, 0.25) is 0 Å². The van der Waals surface area contributed by atoms with Gasteiger partial charge in [0.05, 0.1) is 11.9 Å². The van der Waals surface area contributed by atoms with Crippen molar-refractivity contribution in [2.24, 2.45) is 11.1 Å². The number of hydrogen-bond donors (Lipinski definition) is 2. The predicted molar refractivity (Wildman–Crippen MR) is 78.7 cm³/mol. The number of aliphatic hydroxyl groups is 1. The number of rotatable bonds is 5. The molecule has 0 spiro atoms. The molecule has 0 heterocycles. The van der Waals surface area contributed by atoms with Gasteiger partial charge in [0.2, 0.25) is 0 Å². The Labute approximate surface area is 122 Å². The molecule has 0 aromatic heterocycles. The van der Waals surface area contributed by atoms with E-state index in [4.69, 9.17) is 5.73 Å². The first kappa shape index (κ1) is 15.0. The summed E-state index contributed by atoms with van der Waals surface area (Å²) in [6.07, 6.45) is 0. The number of nitrogens with two attached hydrogens (primary N) is 1. The van der Waals surface area contributed by atoms with Crippen molar-refractivity contribution in [1.82, 2.24) is 0 Å². The summed E-state index contributed by atoms with van der Waals surface area (Å²) in [6, 6.07) is 7.53. The third-order valence-electron chi connectivity index (χ3n) is 4.07. The monoisotopic (exact) mass is 347 g/mol. The van der Waals surface area contributed by atoms with Gasteiger partial charge in [-0.2, -0.15) is 0 Å². The lowest BCUT2D eigenvalue weighted by Crippen LogP contribution is -2.28. The summed E-state index contributed by atoms with van der Waals surface area (Å²) in [5, 5.41) is 9.05. The number of benzene rings is 1. The highest BCUT2D eigenvalue weighted by atomic mass is 79.9. The second kappa shape index (κ2) is 5.16. The van der Waals surface area contributed by atoms with E-state index in [2.05, 4.69) is 15.9 Å². The number of aliphatic hydroxyl groups excluding tert-OH is 1. The zero-order valence-corrected chi connectivity index (χ0v) is 13.1. The Bertz CT molecular complexity index is 552. The molecule has 0 unspecified atom stereocenters. The normalized spacial score (nSPS) is 30.3. The smallest absolute Gasteiger partial charge is 0.154 e. The standard InChI is InChI=1S/C13H18BrNO3S/c1-2-19(17,18)12-11(13(12,7-15)8-16)9-3-5-10(14)6-4-9/h3-6,11-12,16H,2,7-8,15H2,1H3/t11-,12+,13+/m0/s1. The van der Waals surface area contributed by atoms with Gasteiger partial charge in [-0.05, 0) is 17.7 Å². The Balaban J connectivity index is 2.42. The second-order valence-electron chi connectivity index (χ2n) is 5.00. The third kappa shape index (κ3) is 2.35. The molecule has 1 aliphatic carbocycles. The first-order chi connectivity index (χ1) is 8.93. The molecule has 0 radical (unpaired) electrons. The second-order valence-corrected chi connectivity index (χ2v) is 8.32. The molecule has 106 valence electrons. The van der Waals surface area contributed by atoms with Gasteiger partial charge >= 0.3 is 0 Å². The van der Waals surface area contributed by atoms with Crippen LogP contribution in [0.5, 0.6) is 0 Å². The van der Waals surface area contributed by atoms with Crippen LogP contribution in [0, 0.1) is 5.41 Å². The van der Waals surface area contributed by atoms with Crippen molar-refractivity contribution in [2.45, 2.75) is 18.1 Å². The molecular weight excluding hydrogens is 330 g/mol. The largest absolute Gasteiger partial charge is 0.396 e. The van der Waals surface area contributed by atoms with E-state index in [-0.39, 0.29) is 24.8 Å². The lowest BCUT2D eigenvalue weighted by molar-refractivity contribution is 0.212. The molecule has 19 heavy (non-hydrogen) atoms. The molecule has 4 nitrogen and oxygen atoms in total. The zero-order valence-electron chi connectivity index (χ0n) is 10.7. The minimum absolute atomic E-state index is 0.0758. The zero-order chi connectivity index (χ0) is 14.3. The number of halogens is 1. The molecule has 1 aromatic carbocycles. The minimum Gasteiger partial charge on any atom is -0.396 e. The van der Waals surface area contributed by atoms with Gasteiger partial charge in [0.1, 0.15) is 0 Å². The van der Waals surface area contributed by atoms with Crippen LogP contribution in [0.1, 0.15) is 18.4 Å². The van der Waals surface area contributed by atoms with E-state index in [0.29, 0.717) is 0 Å². The molecule has 1 fully saturated rings. The van der Waals surface area contributed by atoms with Gasteiger partial charge in [0, 0.05) is 28.1 Å². The summed E-state index contributed by atoms with van der Waals surface area (Å²) < 4.78 is 25.3. The summed E-state index contributed by atoms with van der Waals surface area (Å²) in [7, 11) is -3.22. The Kier molecular flexibility index (Phi) is 4.07. The van der Waals surface area contributed by atoms with Crippen LogP contribution in [0.15, 0.2) is 28.7 Å². The van der Waals surface area contributed by atoms with E-state index < -0.39 is 20.5 Å². The Morgan fingerprint density at radius 3 is 2.37 bits per heavy atom. The van der Waals surface area contributed by atoms with Gasteiger partial charge < -0.3 is 10.8 Å². The summed E-state index contributed by atoms with van der Waals surface area (Å²) in [5.41, 5.74) is 5.95. The number of sulfone groups is 1. The van der Waals surface area contributed by atoms with E-state index in [1.54, 1.807) is 6.92 Å². The van der Waals surface area contributed by atoms with Gasteiger partial charge in [0.25, 0.3) is 0 Å². The molecule has 0 saturated heterocycles. The molecule has 1 aliphatic rings. The predicted octanol–water partition coefficient (Wildman–Crippen LogP) is 1.29. The van der Waals surface area contributed by atoms with Crippen molar-refractivity contribution in [3.05, 3.63) is 34.3 Å². The molecule has 6 heteroatoms. The topological polar surface area (TPSA) is 80.4 Å². The number of hydrogen-bond acceptors (Lipinski definition) is 4. The lowest BCUT2D eigenvalue weighted by Gasteiger charge is -2.11. The van der Waals surface area contributed by atoms with Gasteiger partial charge in [-0.1, -0.05) is 35.0 Å². The van der Waals surface area contributed by atoms with Crippen LogP contribution in [0.4, 0.5) is 0 Å². The van der Waals surface area contributed by atoms with Crippen LogP contribution in [-0.2, 0) is 9.84 Å². The first-order valence-electron chi connectivity index (χ1n) is 6.21.